The number of halogens is 1. The Labute approximate surface area is 97.7 Å². The van der Waals surface area contributed by atoms with Crippen LogP contribution in [0.4, 0.5) is 4.79 Å². The van der Waals surface area contributed by atoms with Crippen LogP contribution in [0.5, 0.6) is 0 Å². The fraction of sp³-hybridized carbons (Fsp3) is 0.273. The SMILES string of the molecule is O=C1OCCN1C(=O)[C@H](Cl)c1ccccc1. The maximum absolute atomic E-state index is 11.8. The minimum Gasteiger partial charge on any atom is -0.447 e. The topological polar surface area (TPSA) is 46.6 Å². The van der Waals surface area contributed by atoms with Crippen LogP contribution >= 0.6 is 11.6 Å². The molecule has 0 unspecified atom stereocenters. The molecule has 0 saturated carbocycles. The number of nitrogens with zero attached hydrogens (tertiary/aromatic N) is 1. The molecule has 4 nitrogen and oxygen atoms in total. The molecule has 2 rings (SSSR count). The smallest absolute Gasteiger partial charge is 0.416 e. The number of hydrogen-bond acceptors (Lipinski definition) is 3. The highest BCUT2D eigenvalue weighted by Crippen LogP contribution is 2.23. The third-order valence-electron chi connectivity index (χ3n) is 2.34. The minimum atomic E-state index is -0.841. The van der Waals surface area contributed by atoms with Crippen molar-refractivity contribution in [1.29, 1.82) is 0 Å². The fourth-order valence-corrected chi connectivity index (χ4v) is 1.76. The molecule has 1 aromatic carbocycles. The van der Waals surface area contributed by atoms with E-state index in [1.165, 1.54) is 0 Å². The van der Waals surface area contributed by atoms with Crippen LogP contribution in [-0.2, 0) is 9.53 Å². The second-order valence-electron chi connectivity index (χ2n) is 3.38. The Morgan fingerprint density at radius 3 is 2.62 bits per heavy atom. The molecule has 1 aromatic rings. The molecule has 0 aliphatic carbocycles. The van der Waals surface area contributed by atoms with Gasteiger partial charge < -0.3 is 4.74 Å². The van der Waals surface area contributed by atoms with Gasteiger partial charge in [0.15, 0.2) is 0 Å². The molecule has 1 saturated heterocycles. The Bertz CT molecular complexity index is 407. The van der Waals surface area contributed by atoms with Crippen LogP contribution in [0.15, 0.2) is 30.3 Å². The Kier molecular flexibility index (Phi) is 3.10. The van der Waals surface area contributed by atoms with E-state index in [1.54, 1.807) is 24.3 Å². The third kappa shape index (κ3) is 2.02. The summed E-state index contributed by atoms with van der Waals surface area (Å²) in [5, 5.41) is -0.841. The van der Waals surface area contributed by atoms with E-state index in [0.717, 1.165) is 4.90 Å². The first kappa shape index (κ1) is 11.0. The molecule has 0 spiro atoms. The first-order valence-corrected chi connectivity index (χ1v) is 5.31. The van der Waals surface area contributed by atoms with Crippen molar-refractivity contribution in [2.24, 2.45) is 0 Å². The van der Waals surface area contributed by atoms with Crippen LogP contribution in [0.1, 0.15) is 10.9 Å². The van der Waals surface area contributed by atoms with Crippen LogP contribution in [0, 0.1) is 0 Å². The monoisotopic (exact) mass is 239 g/mol. The zero-order chi connectivity index (χ0) is 11.5. The maximum Gasteiger partial charge on any atom is 0.416 e. The Morgan fingerprint density at radius 2 is 2.06 bits per heavy atom. The highest BCUT2D eigenvalue weighted by molar-refractivity contribution is 6.31. The molecule has 84 valence electrons. The fourth-order valence-electron chi connectivity index (χ4n) is 1.50. The van der Waals surface area contributed by atoms with Crippen LogP contribution in [-0.4, -0.2) is 30.1 Å². The predicted molar refractivity (Wildman–Crippen MR) is 58.1 cm³/mol. The van der Waals surface area contributed by atoms with Gasteiger partial charge in [-0.05, 0) is 5.56 Å². The van der Waals surface area contributed by atoms with Crippen molar-refractivity contribution < 1.29 is 14.3 Å². The lowest BCUT2D eigenvalue weighted by atomic mass is 10.1. The predicted octanol–water partition coefficient (Wildman–Crippen LogP) is 1.95. The Balaban J connectivity index is 2.13. The number of cyclic esters (lactones) is 1. The highest BCUT2D eigenvalue weighted by Gasteiger charge is 2.33. The van der Waals surface area contributed by atoms with E-state index in [2.05, 4.69) is 4.74 Å². The number of benzene rings is 1. The Hall–Kier alpha value is -1.55. The van der Waals surface area contributed by atoms with Crippen molar-refractivity contribution in [3.63, 3.8) is 0 Å². The van der Waals surface area contributed by atoms with Gasteiger partial charge in [0.25, 0.3) is 5.91 Å². The summed E-state index contributed by atoms with van der Waals surface area (Å²) in [4.78, 5) is 24.1. The molecule has 2 amide bonds. The van der Waals surface area contributed by atoms with E-state index < -0.39 is 17.4 Å². The van der Waals surface area contributed by atoms with Crippen LogP contribution in [0.2, 0.25) is 0 Å². The van der Waals surface area contributed by atoms with Crippen molar-refractivity contribution in [3.8, 4) is 0 Å². The molecular formula is C11H10ClNO3. The summed E-state index contributed by atoms with van der Waals surface area (Å²) in [5.41, 5.74) is 0.675. The minimum absolute atomic E-state index is 0.239. The second-order valence-corrected chi connectivity index (χ2v) is 3.81. The third-order valence-corrected chi connectivity index (χ3v) is 2.77. The molecule has 16 heavy (non-hydrogen) atoms. The van der Waals surface area contributed by atoms with E-state index in [0.29, 0.717) is 5.56 Å². The van der Waals surface area contributed by atoms with E-state index >= 15 is 0 Å². The molecule has 0 bridgehead atoms. The van der Waals surface area contributed by atoms with Crippen molar-refractivity contribution in [3.05, 3.63) is 35.9 Å². The molecule has 1 atom stereocenters. The molecule has 1 aliphatic heterocycles. The van der Waals surface area contributed by atoms with Crippen LogP contribution in [0.3, 0.4) is 0 Å². The van der Waals surface area contributed by atoms with E-state index in [9.17, 15) is 9.59 Å². The van der Waals surface area contributed by atoms with Gasteiger partial charge in [-0.1, -0.05) is 30.3 Å². The van der Waals surface area contributed by atoms with Gasteiger partial charge in [-0.25, -0.2) is 9.69 Å². The zero-order valence-electron chi connectivity index (χ0n) is 8.43. The van der Waals surface area contributed by atoms with E-state index in [1.807, 2.05) is 6.07 Å². The molecule has 0 radical (unpaired) electrons. The molecule has 5 heteroatoms. The first-order valence-electron chi connectivity index (χ1n) is 4.87. The van der Waals surface area contributed by atoms with Gasteiger partial charge in [0, 0.05) is 0 Å². The van der Waals surface area contributed by atoms with Gasteiger partial charge in [-0.2, -0.15) is 0 Å². The lowest BCUT2D eigenvalue weighted by molar-refractivity contribution is -0.127. The summed E-state index contributed by atoms with van der Waals surface area (Å²) in [5.74, 6) is -0.435. The van der Waals surface area contributed by atoms with Crippen molar-refractivity contribution in [1.82, 2.24) is 4.90 Å². The summed E-state index contributed by atoms with van der Waals surface area (Å²) in [7, 11) is 0. The average Bonchev–Trinajstić information content (AvgIpc) is 2.75. The zero-order valence-corrected chi connectivity index (χ0v) is 9.18. The normalized spacial score (nSPS) is 17.1. The number of alkyl halides is 1. The number of hydrogen-bond donors (Lipinski definition) is 0. The summed E-state index contributed by atoms with van der Waals surface area (Å²) >= 11 is 6.00. The highest BCUT2D eigenvalue weighted by atomic mass is 35.5. The lowest BCUT2D eigenvalue weighted by Crippen LogP contribution is -2.34. The van der Waals surface area contributed by atoms with Gasteiger partial charge >= 0.3 is 6.09 Å². The van der Waals surface area contributed by atoms with Crippen molar-refractivity contribution >= 4 is 23.6 Å². The molecule has 0 N–H and O–H groups in total. The molecular weight excluding hydrogens is 230 g/mol. The summed E-state index contributed by atoms with van der Waals surface area (Å²) in [6.45, 7) is 0.511. The number of ether oxygens (including phenoxy) is 1. The maximum atomic E-state index is 11.8. The number of imide groups is 1. The number of carbonyl (C=O) groups excluding carboxylic acids is 2. The molecule has 0 aromatic heterocycles. The summed E-state index contributed by atoms with van der Waals surface area (Å²) in [6, 6.07) is 8.91. The van der Waals surface area contributed by atoms with Gasteiger partial charge in [0.05, 0.1) is 6.54 Å². The van der Waals surface area contributed by atoms with Gasteiger partial charge in [0.1, 0.15) is 12.0 Å². The van der Waals surface area contributed by atoms with Gasteiger partial charge in [0.2, 0.25) is 0 Å². The van der Waals surface area contributed by atoms with Crippen LogP contribution < -0.4 is 0 Å². The molecule has 1 fully saturated rings. The lowest BCUT2D eigenvalue weighted by Gasteiger charge is -2.15. The summed E-state index contributed by atoms with van der Waals surface area (Å²) < 4.78 is 4.68. The molecule has 1 heterocycles. The second kappa shape index (κ2) is 4.53. The van der Waals surface area contributed by atoms with Crippen LogP contribution in [0.25, 0.3) is 0 Å². The quantitative estimate of drug-likeness (QED) is 0.741. The largest absolute Gasteiger partial charge is 0.447 e. The Morgan fingerprint density at radius 1 is 1.38 bits per heavy atom. The first-order chi connectivity index (χ1) is 7.70. The number of amides is 2. The van der Waals surface area contributed by atoms with E-state index in [4.69, 9.17) is 11.6 Å². The van der Waals surface area contributed by atoms with Crippen molar-refractivity contribution in [2.75, 3.05) is 13.2 Å². The number of carbonyl (C=O) groups is 2. The van der Waals surface area contributed by atoms with E-state index in [-0.39, 0.29) is 13.2 Å². The standard InChI is InChI=1S/C11H10ClNO3/c12-9(8-4-2-1-3-5-8)10(14)13-6-7-16-11(13)15/h1-5,9H,6-7H2/t9-/m1/s1. The summed E-state index contributed by atoms with van der Waals surface area (Å²) in [6.07, 6.45) is -0.619. The number of rotatable bonds is 2. The van der Waals surface area contributed by atoms with Gasteiger partial charge in [-0.3, -0.25) is 4.79 Å². The van der Waals surface area contributed by atoms with Gasteiger partial charge in [-0.15, -0.1) is 11.6 Å². The average molecular weight is 240 g/mol. The molecule has 1 aliphatic rings. The van der Waals surface area contributed by atoms with Crippen molar-refractivity contribution in [2.45, 2.75) is 5.38 Å².